The lowest BCUT2D eigenvalue weighted by Crippen LogP contribution is -2.50. The number of hydrogen-bond acceptors (Lipinski definition) is 6. The standard InChI is InChI=1S/C28H32N4O4/c1-18-19(8-5-12-22(18)36-28(27(33)34)14-7-15-28)9-6-16-32-23(13-17-35-2)31-24-25(32)20-10-3-4-11-21(20)30-26(24)29/h3-5,8,10-12H,6-7,9,13-17H2,1-2H3,(H2,29,30)(H,33,34). The monoisotopic (exact) mass is 488 g/mol. The number of rotatable bonds is 10. The quantitative estimate of drug-likeness (QED) is 0.333. The number of benzene rings is 2. The zero-order valence-corrected chi connectivity index (χ0v) is 20.8. The van der Waals surface area contributed by atoms with Crippen molar-refractivity contribution in [2.75, 3.05) is 19.5 Å². The summed E-state index contributed by atoms with van der Waals surface area (Å²) in [7, 11) is 1.69. The molecule has 2 heterocycles. The summed E-state index contributed by atoms with van der Waals surface area (Å²) < 4.78 is 13.6. The van der Waals surface area contributed by atoms with Crippen molar-refractivity contribution in [3.8, 4) is 5.75 Å². The summed E-state index contributed by atoms with van der Waals surface area (Å²) in [6.45, 7) is 3.33. The van der Waals surface area contributed by atoms with Gasteiger partial charge in [0.15, 0.2) is 5.82 Å². The maximum atomic E-state index is 11.8. The highest BCUT2D eigenvalue weighted by Crippen LogP contribution is 2.38. The molecule has 36 heavy (non-hydrogen) atoms. The third-order valence-corrected chi connectivity index (χ3v) is 7.30. The van der Waals surface area contributed by atoms with Crippen LogP contribution in [0.4, 0.5) is 5.82 Å². The largest absolute Gasteiger partial charge is 0.478 e. The molecule has 8 heteroatoms. The van der Waals surface area contributed by atoms with Gasteiger partial charge in [0.2, 0.25) is 5.60 Å². The van der Waals surface area contributed by atoms with E-state index in [1.807, 2.05) is 37.3 Å². The first-order valence-corrected chi connectivity index (χ1v) is 12.5. The fourth-order valence-corrected chi connectivity index (χ4v) is 5.07. The van der Waals surface area contributed by atoms with Crippen LogP contribution >= 0.6 is 0 Å². The van der Waals surface area contributed by atoms with Crippen molar-refractivity contribution >= 4 is 33.7 Å². The molecule has 0 unspecified atom stereocenters. The van der Waals surface area contributed by atoms with Crippen LogP contribution in [0.15, 0.2) is 42.5 Å². The molecule has 0 aliphatic heterocycles. The Kier molecular flexibility index (Phi) is 6.53. The van der Waals surface area contributed by atoms with Gasteiger partial charge in [-0.1, -0.05) is 30.3 Å². The number of aromatic nitrogens is 3. The number of aryl methyl sites for hydroxylation is 2. The van der Waals surface area contributed by atoms with Gasteiger partial charge in [0.05, 0.1) is 17.6 Å². The number of hydrogen-bond donors (Lipinski definition) is 2. The number of aliphatic carboxylic acids is 1. The van der Waals surface area contributed by atoms with E-state index in [0.717, 1.165) is 64.7 Å². The van der Waals surface area contributed by atoms with Crippen molar-refractivity contribution < 1.29 is 19.4 Å². The second-order valence-electron chi connectivity index (χ2n) is 9.53. The fourth-order valence-electron chi connectivity index (χ4n) is 5.07. The Hall–Kier alpha value is -3.65. The van der Waals surface area contributed by atoms with Crippen LogP contribution in [-0.4, -0.2) is 44.9 Å². The molecule has 188 valence electrons. The van der Waals surface area contributed by atoms with Gasteiger partial charge in [-0.25, -0.2) is 14.8 Å². The van der Waals surface area contributed by atoms with Gasteiger partial charge in [-0.05, 0) is 62.3 Å². The van der Waals surface area contributed by atoms with Gasteiger partial charge < -0.3 is 24.9 Å². The average molecular weight is 489 g/mol. The molecule has 0 saturated heterocycles. The Morgan fingerprint density at radius 3 is 2.67 bits per heavy atom. The number of ether oxygens (including phenoxy) is 2. The number of nitrogens with zero attached hydrogens (tertiary/aromatic N) is 3. The highest BCUT2D eigenvalue weighted by Gasteiger charge is 2.47. The van der Waals surface area contributed by atoms with E-state index in [-0.39, 0.29) is 0 Å². The Bertz CT molecular complexity index is 1420. The molecule has 0 radical (unpaired) electrons. The number of carboxylic acids is 1. The van der Waals surface area contributed by atoms with E-state index in [2.05, 4.69) is 21.7 Å². The van der Waals surface area contributed by atoms with Gasteiger partial charge in [-0.15, -0.1) is 0 Å². The van der Waals surface area contributed by atoms with Crippen molar-refractivity contribution in [3.63, 3.8) is 0 Å². The molecule has 2 aromatic carbocycles. The van der Waals surface area contributed by atoms with Gasteiger partial charge in [0.1, 0.15) is 17.1 Å². The van der Waals surface area contributed by atoms with Gasteiger partial charge in [-0.3, -0.25) is 0 Å². The summed E-state index contributed by atoms with van der Waals surface area (Å²) in [6.07, 6.45) is 4.36. The highest BCUT2D eigenvalue weighted by molar-refractivity contribution is 6.06. The average Bonchev–Trinajstić information content (AvgIpc) is 3.21. The molecule has 0 spiro atoms. The van der Waals surface area contributed by atoms with E-state index >= 15 is 0 Å². The van der Waals surface area contributed by atoms with Gasteiger partial charge >= 0.3 is 5.97 Å². The van der Waals surface area contributed by atoms with Crippen LogP contribution < -0.4 is 10.5 Å². The number of fused-ring (bicyclic) bond motifs is 3. The summed E-state index contributed by atoms with van der Waals surface area (Å²) in [4.78, 5) is 21.2. The number of nitrogen functional groups attached to an aromatic ring is 1. The summed E-state index contributed by atoms with van der Waals surface area (Å²) >= 11 is 0. The molecule has 2 aromatic heterocycles. The van der Waals surface area contributed by atoms with Crippen LogP contribution in [0.2, 0.25) is 0 Å². The third-order valence-electron chi connectivity index (χ3n) is 7.30. The normalized spacial score (nSPS) is 14.7. The van der Waals surface area contributed by atoms with E-state index in [4.69, 9.17) is 20.2 Å². The molecule has 8 nitrogen and oxygen atoms in total. The second kappa shape index (κ2) is 9.78. The summed E-state index contributed by atoms with van der Waals surface area (Å²) in [5, 5.41) is 10.7. The van der Waals surface area contributed by atoms with Crippen molar-refractivity contribution in [1.29, 1.82) is 0 Å². The minimum atomic E-state index is -1.08. The summed E-state index contributed by atoms with van der Waals surface area (Å²) in [6, 6.07) is 13.9. The highest BCUT2D eigenvalue weighted by atomic mass is 16.5. The van der Waals surface area contributed by atoms with Crippen LogP contribution in [0.3, 0.4) is 0 Å². The van der Waals surface area contributed by atoms with E-state index in [0.29, 0.717) is 37.4 Å². The lowest BCUT2D eigenvalue weighted by molar-refractivity contribution is -0.163. The smallest absolute Gasteiger partial charge is 0.348 e. The molecule has 1 saturated carbocycles. The lowest BCUT2D eigenvalue weighted by Gasteiger charge is -2.38. The number of anilines is 1. The maximum absolute atomic E-state index is 11.8. The van der Waals surface area contributed by atoms with Gasteiger partial charge in [-0.2, -0.15) is 0 Å². The Labute approximate surface area is 210 Å². The number of methoxy groups -OCH3 is 1. The van der Waals surface area contributed by atoms with Crippen molar-refractivity contribution in [1.82, 2.24) is 14.5 Å². The fraction of sp³-hybridized carbons (Fsp3) is 0.393. The number of para-hydroxylation sites is 1. The van der Waals surface area contributed by atoms with Crippen LogP contribution in [-0.2, 0) is 28.9 Å². The van der Waals surface area contributed by atoms with Crippen LogP contribution in [0.1, 0.15) is 42.6 Å². The zero-order valence-electron chi connectivity index (χ0n) is 20.8. The van der Waals surface area contributed by atoms with E-state index in [1.54, 1.807) is 7.11 Å². The molecule has 0 bridgehead atoms. The van der Waals surface area contributed by atoms with Gasteiger partial charge in [0, 0.05) is 25.5 Å². The van der Waals surface area contributed by atoms with Crippen molar-refractivity contribution in [2.45, 2.75) is 57.6 Å². The first-order chi connectivity index (χ1) is 17.4. The van der Waals surface area contributed by atoms with Crippen LogP contribution in [0.5, 0.6) is 5.75 Å². The molecular weight excluding hydrogens is 456 g/mol. The topological polar surface area (TPSA) is 112 Å². The van der Waals surface area contributed by atoms with Crippen molar-refractivity contribution in [3.05, 3.63) is 59.4 Å². The second-order valence-corrected chi connectivity index (χ2v) is 9.53. The molecule has 3 N–H and O–H groups in total. The van der Waals surface area contributed by atoms with E-state index in [1.165, 1.54) is 0 Å². The maximum Gasteiger partial charge on any atom is 0.348 e. The molecular formula is C28H32N4O4. The predicted octanol–water partition coefficient (Wildman–Crippen LogP) is 4.68. The Morgan fingerprint density at radius 1 is 1.14 bits per heavy atom. The molecule has 4 aromatic rings. The van der Waals surface area contributed by atoms with E-state index < -0.39 is 11.6 Å². The van der Waals surface area contributed by atoms with E-state index in [9.17, 15) is 9.90 Å². The Balaban J connectivity index is 1.42. The molecule has 1 aliphatic carbocycles. The number of imidazole rings is 1. The number of pyridine rings is 1. The summed E-state index contributed by atoms with van der Waals surface area (Å²) in [5.74, 6) is 1.15. The number of nitrogens with two attached hydrogens (primary N) is 1. The van der Waals surface area contributed by atoms with Gasteiger partial charge in [0.25, 0.3) is 0 Å². The first kappa shape index (κ1) is 24.1. The predicted molar refractivity (Wildman–Crippen MR) is 139 cm³/mol. The minimum absolute atomic E-state index is 0.435. The van der Waals surface area contributed by atoms with Crippen LogP contribution in [0, 0.1) is 6.92 Å². The molecule has 0 amide bonds. The zero-order chi connectivity index (χ0) is 25.3. The SMILES string of the molecule is COCCc1nc2c(N)nc3ccccc3c2n1CCCc1cccc(OC2(C(=O)O)CCC2)c1C. The first-order valence-electron chi connectivity index (χ1n) is 12.5. The number of carbonyl (C=O) groups is 1. The summed E-state index contributed by atoms with van der Waals surface area (Å²) in [5.41, 5.74) is 9.96. The minimum Gasteiger partial charge on any atom is -0.478 e. The molecule has 1 aliphatic rings. The Morgan fingerprint density at radius 2 is 1.94 bits per heavy atom. The van der Waals surface area contributed by atoms with Crippen molar-refractivity contribution in [2.24, 2.45) is 0 Å². The molecule has 0 atom stereocenters. The number of carboxylic acid groups (broad SMARTS) is 1. The van der Waals surface area contributed by atoms with Crippen LogP contribution in [0.25, 0.3) is 21.9 Å². The third kappa shape index (κ3) is 4.26. The lowest BCUT2D eigenvalue weighted by atomic mass is 9.80. The molecule has 5 rings (SSSR count). The molecule has 1 fully saturated rings.